The van der Waals surface area contributed by atoms with Gasteiger partial charge in [0, 0.05) is 0 Å². The number of rotatable bonds is 3. The van der Waals surface area contributed by atoms with Crippen LogP contribution in [0, 0.1) is 5.82 Å². The first kappa shape index (κ1) is 9.77. The molecule has 0 aliphatic heterocycles. The van der Waals surface area contributed by atoms with E-state index in [1.54, 1.807) is 12.1 Å². The molecule has 12 heavy (non-hydrogen) atoms. The molecule has 0 bridgehead atoms. The van der Waals surface area contributed by atoms with Crippen molar-refractivity contribution in [3.63, 3.8) is 0 Å². The van der Waals surface area contributed by atoms with Gasteiger partial charge in [0.05, 0.1) is 0 Å². The molecule has 0 saturated heterocycles. The average Bonchev–Trinajstić information content (AvgIpc) is 2.09. The highest BCUT2D eigenvalue weighted by molar-refractivity contribution is 14.1. The third-order valence-corrected chi connectivity index (χ3v) is 2.53. The molecule has 3 heteroatoms. The minimum atomic E-state index is -0.233. The maximum atomic E-state index is 12.4. The predicted octanol–water partition coefficient (Wildman–Crippen LogP) is 3.38. The molecule has 0 aliphatic rings. The molecule has 1 unspecified atom stereocenters. The Kier molecular flexibility index (Phi) is 3.78. The second-order valence-electron chi connectivity index (χ2n) is 2.39. The standard InChI is InChI=1S/C9H10FIO/c1-2-9(11)12-8-5-3-7(10)4-6-8/h3-6,9H,2H2,1H3. The summed E-state index contributed by atoms with van der Waals surface area (Å²) in [5, 5.41) is 0. The molecular formula is C9H10FIO. The van der Waals surface area contributed by atoms with Gasteiger partial charge < -0.3 is 4.74 Å². The highest BCUT2D eigenvalue weighted by Gasteiger charge is 2.01. The number of alkyl halides is 1. The maximum Gasteiger partial charge on any atom is 0.149 e. The highest BCUT2D eigenvalue weighted by atomic mass is 127. The van der Waals surface area contributed by atoms with E-state index in [2.05, 4.69) is 22.6 Å². The van der Waals surface area contributed by atoms with Gasteiger partial charge in [-0.3, -0.25) is 0 Å². The minimum Gasteiger partial charge on any atom is -0.480 e. The molecule has 1 atom stereocenters. The van der Waals surface area contributed by atoms with Crippen LogP contribution in [-0.2, 0) is 0 Å². The van der Waals surface area contributed by atoms with Crippen LogP contribution >= 0.6 is 22.6 Å². The van der Waals surface area contributed by atoms with E-state index in [0.29, 0.717) is 0 Å². The summed E-state index contributed by atoms with van der Waals surface area (Å²) >= 11 is 2.20. The summed E-state index contributed by atoms with van der Waals surface area (Å²) in [6, 6.07) is 6.07. The lowest BCUT2D eigenvalue weighted by atomic mass is 10.3. The van der Waals surface area contributed by atoms with E-state index in [1.165, 1.54) is 12.1 Å². The summed E-state index contributed by atoms with van der Waals surface area (Å²) < 4.78 is 18.0. The van der Waals surface area contributed by atoms with E-state index in [1.807, 2.05) is 6.92 Å². The van der Waals surface area contributed by atoms with E-state index in [-0.39, 0.29) is 9.93 Å². The fourth-order valence-electron chi connectivity index (χ4n) is 0.744. The van der Waals surface area contributed by atoms with Crippen LogP contribution in [-0.4, -0.2) is 4.11 Å². The monoisotopic (exact) mass is 280 g/mol. The number of ether oxygens (including phenoxy) is 1. The van der Waals surface area contributed by atoms with Gasteiger partial charge in [0.2, 0.25) is 0 Å². The maximum absolute atomic E-state index is 12.4. The highest BCUT2D eigenvalue weighted by Crippen LogP contribution is 2.16. The molecule has 0 radical (unpaired) electrons. The van der Waals surface area contributed by atoms with Crippen molar-refractivity contribution in [1.29, 1.82) is 0 Å². The number of halogens is 2. The number of hydrogen-bond acceptors (Lipinski definition) is 1. The van der Waals surface area contributed by atoms with E-state index in [0.717, 1.165) is 12.2 Å². The van der Waals surface area contributed by atoms with Crippen LogP contribution in [0.5, 0.6) is 5.75 Å². The lowest BCUT2D eigenvalue weighted by Gasteiger charge is -2.10. The molecule has 1 rings (SSSR count). The molecule has 66 valence electrons. The third-order valence-electron chi connectivity index (χ3n) is 1.40. The van der Waals surface area contributed by atoms with Gasteiger partial charge in [-0.25, -0.2) is 4.39 Å². The van der Waals surface area contributed by atoms with Crippen molar-refractivity contribution in [2.45, 2.75) is 17.5 Å². The van der Waals surface area contributed by atoms with Crippen molar-refractivity contribution in [3.05, 3.63) is 30.1 Å². The molecule has 0 saturated carbocycles. The van der Waals surface area contributed by atoms with Gasteiger partial charge in [-0.15, -0.1) is 0 Å². The lowest BCUT2D eigenvalue weighted by molar-refractivity contribution is 0.298. The van der Waals surface area contributed by atoms with Crippen molar-refractivity contribution in [2.24, 2.45) is 0 Å². The Morgan fingerprint density at radius 3 is 2.50 bits per heavy atom. The quantitative estimate of drug-likeness (QED) is 0.609. The molecule has 0 spiro atoms. The molecule has 1 aromatic rings. The van der Waals surface area contributed by atoms with Crippen LogP contribution in [0.2, 0.25) is 0 Å². The van der Waals surface area contributed by atoms with Crippen molar-refractivity contribution < 1.29 is 9.13 Å². The zero-order chi connectivity index (χ0) is 8.97. The molecule has 1 aromatic carbocycles. The van der Waals surface area contributed by atoms with Crippen molar-refractivity contribution >= 4 is 22.6 Å². The second-order valence-corrected chi connectivity index (χ2v) is 3.78. The summed E-state index contributed by atoms with van der Waals surface area (Å²) in [6.07, 6.45) is 0.942. The fourth-order valence-corrected chi connectivity index (χ4v) is 1.04. The second kappa shape index (κ2) is 4.64. The molecule has 0 amide bonds. The van der Waals surface area contributed by atoms with Crippen molar-refractivity contribution in [1.82, 2.24) is 0 Å². The summed E-state index contributed by atoms with van der Waals surface area (Å²) in [4.78, 5) is 0. The lowest BCUT2D eigenvalue weighted by Crippen LogP contribution is -2.05. The van der Waals surface area contributed by atoms with E-state index in [9.17, 15) is 4.39 Å². The molecule has 1 nitrogen and oxygen atoms in total. The van der Waals surface area contributed by atoms with Gasteiger partial charge in [-0.05, 0) is 53.3 Å². The van der Waals surface area contributed by atoms with Gasteiger partial charge in [0.25, 0.3) is 0 Å². The smallest absolute Gasteiger partial charge is 0.149 e. The van der Waals surface area contributed by atoms with E-state index in [4.69, 9.17) is 4.74 Å². The molecule has 0 aromatic heterocycles. The fraction of sp³-hybridized carbons (Fsp3) is 0.333. The van der Waals surface area contributed by atoms with Crippen LogP contribution in [0.4, 0.5) is 4.39 Å². The third kappa shape index (κ3) is 2.97. The van der Waals surface area contributed by atoms with Gasteiger partial charge >= 0.3 is 0 Å². The van der Waals surface area contributed by atoms with Crippen LogP contribution in [0.15, 0.2) is 24.3 Å². The van der Waals surface area contributed by atoms with Crippen molar-refractivity contribution in [3.8, 4) is 5.75 Å². The summed E-state index contributed by atoms with van der Waals surface area (Å²) in [6.45, 7) is 2.04. The first-order valence-corrected chi connectivity index (χ1v) is 5.03. The van der Waals surface area contributed by atoms with Crippen LogP contribution < -0.4 is 4.74 Å². The van der Waals surface area contributed by atoms with E-state index >= 15 is 0 Å². The number of hydrogen-bond donors (Lipinski definition) is 0. The molecule has 0 aliphatic carbocycles. The van der Waals surface area contributed by atoms with E-state index < -0.39 is 0 Å². The zero-order valence-corrected chi connectivity index (χ0v) is 8.92. The Labute approximate surface area is 85.1 Å². The molecule has 0 N–H and O–H groups in total. The first-order chi connectivity index (χ1) is 5.72. The summed E-state index contributed by atoms with van der Waals surface area (Å²) in [5.74, 6) is 0.488. The zero-order valence-electron chi connectivity index (χ0n) is 6.76. The topological polar surface area (TPSA) is 9.23 Å². The van der Waals surface area contributed by atoms with Crippen LogP contribution in [0.3, 0.4) is 0 Å². The van der Waals surface area contributed by atoms with Crippen LogP contribution in [0.25, 0.3) is 0 Å². The van der Waals surface area contributed by atoms with Gasteiger partial charge in [0.15, 0.2) is 0 Å². The SMILES string of the molecule is CCC(I)Oc1ccc(F)cc1. The van der Waals surface area contributed by atoms with Crippen molar-refractivity contribution in [2.75, 3.05) is 0 Å². The first-order valence-electron chi connectivity index (χ1n) is 3.78. The number of benzene rings is 1. The summed E-state index contributed by atoms with van der Waals surface area (Å²) in [5.41, 5.74) is 0. The Hall–Kier alpha value is -0.320. The summed E-state index contributed by atoms with van der Waals surface area (Å²) in [7, 11) is 0. The molecular weight excluding hydrogens is 270 g/mol. The predicted molar refractivity (Wildman–Crippen MR) is 55.1 cm³/mol. The Morgan fingerprint density at radius 2 is 2.00 bits per heavy atom. The Balaban J connectivity index is 2.58. The van der Waals surface area contributed by atoms with Gasteiger partial charge in [-0.2, -0.15) is 0 Å². The normalized spacial score (nSPS) is 12.6. The van der Waals surface area contributed by atoms with Gasteiger partial charge in [0.1, 0.15) is 15.7 Å². The minimum absolute atomic E-state index is 0.160. The average molecular weight is 280 g/mol. The largest absolute Gasteiger partial charge is 0.480 e. The van der Waals surface area contributed by atoms with Crippen LogP contribution in [0.1, 0.15) is 13.3 Å². The van der Waals surface area contributed by atoms with Gasteiger partial charge in [-0.1, -0.05) is 6.92 Å². The Bertz CT molecular complexity index is 235. The molecule has 0 fully saturated rings. The Morgan fingerprint density at radius 1 is 1.42 bits per heavy atom. The molecule has 0 heterocycles.